The molecule has 0 spiro atoms. The molecule has 0 fully saturated rings. The fraction of sp³-hybridized carbons (Fsp3) is 0.231. The average molecular weight is 257 g/mol. The van der Waals surface area contributed by atoms with Gasteiger partial charge in [-0.25, -0.2) is 0 Å². The van der Waals surface area contributed by atoms with Crippen molar-refractivity contribution in [2.45, 2.75) is 13.5 Å². The van der Waals surface area contributed by atoms with Gasteiger partial charge in [-0.3, -0.25) is 9.78 Å². The summed E-state index contributed by atoms with van der Waals surface area (Å²) in [6.45, 7) is 2.40. The van der Waals surface area contributed by atoms with Crippen LogP contribution in [0, 0.1) is 6.92 Å². The molecule has 0 saturated carbocycles. The molecule has 1 amide bonds. The van der Waals surface area contributed by atoms with Gasteiger partial charge in [0.25, 0.3) is 5.91 Å². The van der Waals surface area contributed by atoms with Crippen molar-refractivity contribution in [3.63, 3.8) is 0 Å². The molecule has 2 N–H and O–H groups in total. The second kappa shape index (κ2) is 5.90. The standard InChI is InChI=1S/C13H15N5O/c1-9-7-15-6-5-10(9)8-16-13(19)11-3-4-12(14-2)18-17-11/h3-7H,8H2,1-2H3,(H,14,18)(H,16,19). The molecule has 0 unspecified atom stereocenters. The van der Waals surface area contributed by atoms with Gasteiger partial charge in [0, 0.05) is 26.0 Å². The largest absolute Gasteiger partial charge is 0.372 e. The fourth-order valence-electron chi connectivity index (χ4n) is 1.55. The number of anilines is 1. The van der Waals surface area contributed by atoms with Crippen LogP contribution >= 0.6 is 0 Å². The molecule has 0 aliphatic heterocycles. The maximum Gasteiger partial charge on any atom is 0.272 e. The molecule has 0 atom stereocenters. The third-order valence-electron chi connectivity index (χ3n) is 2.73. The molecule has 0 saturated heterocycles. The number of pyridine rings is 1. The first kappa shape index (κ1) is 12.9. The molecule has 0 radical (unpaired) electrons. The van der Waals surface area contributed by atoms with Crippen molar-refractivity contribution < 1.29 is 4.79 Å². The monoisotopic (exact) mass is 257 g/mol. The Morgan fingerprint density at radius 3 is 2.74 bits per heavy atom. The summed E-state index contributed by atoms with van der Waals surface area (Å²) in [5, 5.41) is 13.4. The van der Waals surface area contributed by atoms with Gasteiger partial charge in [0.2, 0.25) is 0 Å². The van der Waals surface area contributed by atoms with Gasteiger partial charge in [0.05, 0.1) is 0 Å². The van der Waals surface area contributed by atoms with Crippen LogP contribution < -0.4 is 10.6 Å². The number of carbonyl (C=O) groups is 1. The third-order valence-corrected chi connectivity index (χ3v) is 2.73. The van der Waals surface area contributed by atoms with Crippen molar-refractivity contribution in [1.82, 2.24) is 20.5 Å². The van der Waals surface area contributed by atoms with Gasteiger partial charge in [-0.2, -0.15) is 0 Å². The van der Waals surface area contributed by atoms with E-state index in [1.807, 2.05) is 13.0 Å². The van der Waals surface area contributed by atoms with Gasteiger partial charge in [-0.1, -0.05) is 0 Å². The van der Waals surface area contributed by atoms with Crippen LogP contribution in [0.25, 0.3) is 0 Å². The topological polar surface area (TPSA) is 79.8 Å². The number of nitrogens with zero attached hydrogens (tertiary/aromatic N) is 3. The first-order chi connectivity index (χ1) is 9.20. The van der Waals surface area contributed by atoms with Crippen molar-refractivity contribution >= 4 is 11.7 Å². The number of hydrogen-bond donors (Lipinski definition) is 2. The number of rotatable bonds is 4. The maximum atomic E-state index is 11.9. The lowest BCUT2D eigenvalue weighted by molar-refractivity contribution is 0.0945. The predicted molar refractivity (Wildman–Crippen MR) is 71.7 cm³/mol. The van der Waals surface area contributed by atoms with E-state index < -0.39 is 0 Å². The van der Waals surface area contributed by atoms with Crippen LogP contribution in [0.4, 0.5) is 5.82 Å². The van der Waals surface area contributed by atoms with E-state index in [4.69, 9.17) is 0 Å². The highest BCUT2D eigenvalue weighted by Gasteiger charge is 2.08. The van der Waals surface area contributed by atoms with Crippen LogP contribution in [0.15, 0.2) is 30.6 Å². The lowest BCUT2D eigenvalue weighted by atomic mass is 10.1. The molecule has 0 aromatic carbocycles. The molecule has 0 aliphatic carbocycles. The van der Waals surface area contributed by atoms with Crippen LogP contribution in [0.1, 0.15) is 21.6 Å². The summed E-state index contributed by atoms with van der Waals surface area (Å²) < 4.78 is 0. The lowest BCUT2D eigenvalue weighted by Crippen LogP contribution is -2.24. The molecule has 2 aromatic heterocycles. The second-order valence-corrected chi connectivity index (χ2v) is 4.04. The minimum atomic E-state index is -0.244. The Hall–Kier alpha value is -2.50. The van der Waals surface area contributed by atoms with Crippen molar-refractivity contribution in [1.29, 1.82) is 0 Å². The summed E-state index contributed by atoms with van der Waals surface area (Å²) in [4.78, 5) is 15.9. The van der Waals surface area contributed by atoms with E-state index in [0.717, 1.165) is 11.1 Å². The Morgan fingerprint density at radius 2 is 2.11 bits per heavy atom. The van der Waals surface area contributed by atoms with Crippen LogP contribution in [-0.4, -0.2) is 28.1 Å². The smallest absolute Gasteiger partial charge is 0.272 e. The molecule has 98 valence electrons. The minimum Gasteiger partial charge on any atom is -0.372 e. The van der Waals surface area contributed by atoms with Crippen molar-refractivity contribution in [2.75, 3.05) is 12.4 Å². The Kier molecular flexibility index (Phi) is 4.02. The van der Waals surface area contributed by atoms with Gasteiger partial charge in [-0.15, -0.1) is 10.2 Å². The summed E-state index contributed by atoms with van der Waals surface area (Å²) in [6.07, 6.45) is 3.47. The Balaban J connectivity index is 1.99. The molecule has 2 aromatic rings. The quantitative estimate of drug-likeness (QED) is 0.859. The van der Waals surface area contributed by atoms with Crippen LogP contribution in [0.5, 0.6) is 0 Å². The zero-order chi connectivity index (χ0) is 13.7. The molecule has 0 bridgehead atoms. The average Bonchev–Trinajstić information content (AvgIpc) is 2.46. The number of hydrogen-bond acceptors (Lipinski definition) is 5. The number of aryl methyl sites for hydroxylation is 1. The lowest BCUT2D eigenvalue weighted by Gasteiger charge is -2.07. The maximum absolute atomic E-state index is 11.9. The Morgan fingerprint density at radius 1 is 1.26 bits per heavy atom. The van der Waals surface area contributed by atoms with Crippen LogP contribution in [0.2, 0.25) is 0 Å². The fourth-order valence-corrected chi connectivity index (χ4v) is 1.55. The summed E-state index contributed by atoms with van der Waals surface area (Å²) in [6, 6.07) is 5.22. The van der Waals surface area contributed by atoms with Crippen LogP contribution in [-0.2, 0) is 6.54 Å². The van der Waals surface area contributed by atoms with Gasteiger partial charge in [0.15, 0.2) is 5.69 Å². The van der Waals surface area contributed by atoms with E-state index in [1.165, 1.54) is 0 Å². The zero-order valence-electron chi connectivity index (χ0n) is 10.8. The highest BCUT2D eigenvalue weighted by atomic mass is 16.1. The Bertz CT molecular complexity index is 568. The van der Waals surface area contributed by atoms with Gasteiger partial charge in [0.1, 0.15) is 5.82 Å². The molecule has 2 heterocycles. The zero-order valence-corrected chi connectivity index (χ0v) is 10.8. The van der Waals surface area contributed by atoms with Gasteiger partial charge < -0.3 is 10.6 Å². The highest BCUT2D eigenvalue weighted by Crippen LogP contribution is 2.05. The van der Waals surface area contributed by atoms with Crippen molar-refractivity contribution in [2.24, 2.45) is 0 Å². The normalized spacial score (nSPS) is 10.0. The van der Waals surface area contributed by atoms with E-state index >= 15 is 0 Å². The summed E-state index contributed by atoms with van der Waals surface area (Å²) in [5.74, 6) is 0.382. The van der Waals surface area contributed by atoms with E-state index in [9.17, 15) is 4.79 Å². The number of amides is 1. The van der Waals surface area contributed by atoms with E-state index in [0.29, 0.717) is 18.1 Å². The predicted octanol–water partition coefficient (Wildman–Crippen LogP) is 1.15. The molecule has 19 heavy (non-hydrogen) atoms. The molecule has 6 heteroatoms. The number of carbonyl (C=O) groups excluding carboxylic acids is 1. The highest BCUT2D eigenvalue weighted by molar-refractivity contribution is 5.92. The van der Waals surface area contributed by atoms with E-state index in [-0.39, 0.29) is 5.91 Å². The first-order valence-corrected chi connectivity index (χ1v) is 5.90. The number of nitrogens with one attached hydrogen (secondary N) is 2. The SMILES string of the molecule is CNc1ccc(C(=O)NCc2ccncc2C)nn1. The summed E-state index contributed by atoms with van der Waals surface area (Å²) in [5.41, 5.74) is 2.37. The first-order valence-electron chi connectivity index (χ1n) is 5.90. The Labute approximate surface area is 111 Å². The molecule has 2 rings (SSSR count). The van der Waals surface area contributed by atoms with Gasteiger partial charge in [-0.05, 0) is 36.2 Å². The summed E-state index contributed by atoms with van der Waals surface area (Å²) in [7, 11) is 1.75. The van der Waals surface area contributed by atoms with Crippen molar-refractivity contribution in [3.8, 4) is 0 Å². The van der Waals surface area contributed by atoms with Crippen molar-refractivity contribution in [3.05, 3.63) is 47.4 Å². The van der Waals surface area contributed by atoms with Crippen LogP contribution in [0.3, 0.4) is 0 Å². The van der Waals surface area contributed by atoms with E-state index in [1.54, 1.807) is 31.6 Å². The second-order valence-electron chi connectivity index (χ2n) is 4.04. The van der Waals surface area contributed by atoms with E-state index in [2.05, 4.69) is 25.8 Å². The molecular formula is C13H15N5O. The third kappa shape index (κ3) is 3.25. The van der Waals surface area contributed by atoms with Gasteiger partial charge >= 0.3 is 0 Å². The number of aromatic nitrogens is 3. The summed E-state index contributed by atoms with van der Waals surface area (Å²) >= 11 is 0. The molecule has 6 nitrogen and oxygen atoms in total. The molecule has 0 aliphatic rings. The minimum absolute atomic E-state index is 0.244. The molecular weight excluding hydrogens is 242 g/mol.